The van der Waals surface area contributed by atoms with E-state index in [-0.39, 0.29) is 0 Å². The van der Waals surface area contributed by atoms with Crippen molar-refractivity contribution in [1.29, 1.82) is 0 Å². The number of hydrogen-bond acceptors (Lipinski definition) is 3. The molecule has 0 saturated carbocycles. The smallest absolute Gasteiger partial charge is 0.322 e. The van der Waals surface area contributed by atoms with Crippen LogP contribution in [0, 0.1) is 0 Å². The third-order valence-corrected chi connectivity index (χ3v) is 0.472. The van der Waals surface area contributed by atoms with Gasteiger partial charge in [-0.1, -0.05) is 0 Å². The molecule has 0 aliphatic carbocycles. The topological polar surface area (TPSA) is 52.3 Å². The summed E-state index contributed by atoms with van der Waals surface area (Å²) < 4.78 is 23.4. The third-order valence-electron chi connectivity index (χ3n) is 0.472. The lowest BCUT2D eigenvalue weighted by Gasteiger charge is -1.98. The number of esters is 1. The van der Waals surface area contributed by atoms with Gasteiger partial charge in [0.25, 0.3) is 0 Å². The molecular weight excluding hydrogens is 94.0 g/mol. The fraction of sp³-hybridized carbons (Fsp3) is 0.750. The fourth-order valence-corrected chi connectivity index (χ4v) is 0.0929. The molecule has 0 radical (unpaired) electrons. The molecule has 0 fully saturated rings. The summed E-state index contributed by atoms with van der Waals surface area (Å²) in [6.07, 6.45) is 0. The molecule has 0 saturated heterocycles. The minimum absolute atomic E-state index is 0.888. The van der Waals surface area contributed by atoms with E-state index in [1.54, 1.807) is 0 Å². The first-order chi connectivity index (χ1) is 4.33. The van der Waals surface area contributed by atoms with Crippen molar-refractivity contribution in [2.45, 2.75) is 13.0 Å². The van der Waals surface area contributed by atoms with E-state index in [1.165, 1.54) is 6.92 Å². The molecule has 0 unspecified atom stereocenters. The molecule has 0 aromatic heterocycles. The first kappa shape index (κ1) is 2.67. The molecule has 0 bridgehead atoms. The molecule has 0 amide bonds. The Kier molecular flexibility index (Phi) is 0.982. The first-order valence-corrected chi connectivity index (χ1v) is 1.81. The van der Waals surface area contributed by atoms with E-state index in [9.17, 15) is 4.79 Å². The monoisotopic (exact) mass is 106 g/mol. The minimum Gasteiger partial charge on any atom is -0.468 e. The predicted octanol–water partition coefficient (Wildman–Crippen LogP) is -0.493. The van der Waals surface area contributed by atoms with Crippen LogP contribution in [-0.2, 0) is 9.53 Å². The summed E-state index contributed by atoms with van der Waals surface area (Å²) in [7, 11) is -2.68. The van der Waals surface area contributed by atoms with E-state index in [1.807, 2.05) is 0 Å². The van der Waals surface area contributed by atoms with Gasteiger partial charge >= 0.3 is 5.97 Å². The molecule has 0 aliphatic rings. The van der Waals surface area contributed by atoms with Crippen LogP contribution in [0.2, 0.25) is 0 Å². The Hall–Kier alpha value is -0.570. The van der Waals surface area contributed by atoms with Gasteiger partial charge < -0.3 is 10.5 Å². The fourth-order valence-electron chi connectivity index (χ4n) is 0.0929. The third kappa shape index (κ3) is 2.17. The van der Waals surface area contributed by atoms with Crippen molar-refractivity contribution < 1.29 is 13.6 Å². The van der Waals surface area contributed by atoms with Gasteiger partial charge in [-0.15, -0.1) is 0 Å². The second kappa shape index (κ2) is 2.58. The van der Waals surface area contributed by atoms with E-state index in [2.05, 4.69) is 4.74 Å². The minimum atomic E-state index is -2.68. The number of hydrogen-bond donors (Lipinski definition) is 1. The van der Waals surface area contributed by atoms with E-state index in [0.29, 0.717) is 0 Å². The van der Waals surface area contributed by atoms with Gasteiger partial charge in [-0.2, -0.15) is 0 Å². The molecule has 0 aromatic rings. The van der Waals surface area contributed by atoms with Crippen LogP contribution < -0.4 is 5.73 Å². The molecule has 42 valence electrons. The van der Waals surface area contributed by atoms with E-state index >= 15 is 0 Å². The van der Waals surface area contributed by atoms with Crippen LogP contribution in [0.4, 0.5) is 0 Å². The van der Waals surface area contributed by atoms with Crippen molar-refractivity contribution in [2.75, 3.05) is 7.04 Å². The van der Waals surface area contributed by atoms with Crippen LogP contribution in [-0.4, -0.2) is 19.0 Å². The summed E-state index contributed by atoms with van der Waals surface area (Å²) in [5, 5.41) is 0. The largest absolute Gasteiger partial charge is 0.468 e. The van der Waals surface area contributed by atoms with Crippen LogP contribution in [0.3, 0.4) is 0 Å². The van der Waals surface area contributed by atoms with Gasteiger partial charge in [-0.05, 0) is 6.92 Å². The van der Waals surface area contributed by atoms with Crippen molar-refractivity contribution >= 4 is 5.97 Å². The van der Waals surface area contributed by atoms with Crippen LogP contribution in [0.5, 0.6) is 0 Å². The Labute approximate surface area is 46.7 Å². The summed E-state index contributed by atoms with van der Waals surface area (Å²) in [6, 6.07) is -0.888. The highest BCUT2D eigenvalue weighted by Crippen LogP contribution is 1.76. The van der Waals surface area contributed by atoms with E-state index in [0.717, 1.165) is 0 Å². The maximum atomic E-state index is 10.5. The van der Waals surface area contributed by atoms with Crippen molar-refractivity contribution in [3.63, 3.8) is 0 Å². The Bertz CT molecular complexity index is 131. The van der Waals surface area contributed by atoms with Gasteiger partial charge in [-0.3, -0.25) is 4.79 Å². The molecule has 3 heteroatoms. The van der Waals surface area contributed by atoms with Gasteiger partial charge in [0.05, 0.1) is 11.2 Å². The Morgan fingerprint density at radius 2 is 2.71 bits per heavy atom. The average molecular weight is 106 g/mol. The van der Waals surface area contributed by atoms with E-state index < -0.39 is 19.0 Å². The highest BCUT2D eigenvalue weighted by atomic mass is 16.5. The Morgan fingerprint density at radius 3 is 2.86 bits per heavy atom. The van der Waals surface area contributed by atoms with Crippen LogP contribution in [0.25, 0.3) is 0 Å². The van der Waals surface area contributed by atoms with Gasteiger partial charge in [-0.25, -0.2) is 0 Å². The molecule has 0 rings (SSSR count). The number of carbonyl (C=O) groups is 1. The number of rotatable bonds is 1. The summed E-state index contributed by atoms with van der Waals surface area (Å²) in [6.45, 7) is 1.36. The number of carbonyl (C=O) groups excluding carboxylic acids is 1. The number of ether oxygens (including phenoxy) is 1. The van der Waals surface area contributed by atoms with Crippen molar-refractivity contribution in [3.8, 4) is 0 Å². The lowest BCUT2D eigenvalue weighted by Crippen LogP contribution is -2.27. The zero-order valence-electron chi connectivity index (χ0n) is 6.97. The van der Waals surface area contributed by atoms with Crippen molar-refractivity contribution in [3.05, 3.63) is 0 Å². The van der Waals surface area contributed by atoms with E-state index in [4.69, 9.17) is 9.85 Å². The average Bonchev–Trinajstić information content (AvgIpc) is 1.60. The van der Waals surface area contributed by atoms with Gasteiger partial charge in [0.15, 0.2) is 0 Å². The molecule has 1 atom stereocenters. The zero-order valence-corrected chi connectivity index (χ0v) is 3.97. The van der Waals surface area contributed by atoms with Gasteiger partial charge in [0.1, 0.15) is 6.04 Å². The summed E-state index contributed by atoms with van der Waals surface area (Å²) >= 11 is 0. The van der Waals surface area contributed by atoms with Crippen molar-refractivity contribution in [2.24, 2.45) is 5.73 Å². The second-order valence-electron chi connectivity index (χ2n) is 1.21. The first-order valence-electron chi connectivity index (χ1n) is 3.31. The summed E-state index contributed by atoms with van der Waals surface area (Å²) in [4.78, 5) is 10.5. The molecule has 0 aliphatic heterocycles. The quantitative estimate of drug-likeness (QED) is 0.459. The predicted molar refractivity (Wildman–Crippen MR) is 25.7 cm³/mol. The Morgan fingerprint density at radius 1 is 2.14 bits per heavy atom. The molecule has 2 N–H and O–H groups in total. The van der Waals surface area contributed by atoms with Crippen LogP contribution >= 0.6 is 0 Å². The summed E-state index contributed by atoms with van der Waals surface area (Å²) in [5.41, 5.74) is 5.02. The molecule has 3 nitrogen and oxygen atoms in total. The standard InChI is InChI=1S/C4H9NO2/c1-3(5)4(6)7-2/h3H,5H2,1-2H3/t3-/m1/s1/i2D3. The maximum absolute atomic E-state index is 10.5. The highest BCUT2D eigenvalue weighted by molar-refractivity contribution is 5.74. The molecular formula is C4H9NO2. The number of methoxy groups -OCH3 is 1. The van der Waals surface area contributed by atoms with Crippen molar-refractivity contribution in [1.82, 2.24) is 0 Å². The van der Waals surface area contributed by atoms with Crippen LogP contribution in [0.15, 0.2) is 0 Å². The number of nitrogens with two attached hydrogens (primary N) is 1. The molecule has 7 heavy (non-hydrogen) atoms. The molecule has 0 heterocycles. The van der Waals surface area contributed by atoms with Gasteiger partial charge in [0.2, 0.25) is 0 Å². The second-order valence-corrected chi connectivity index (χ2v) is 1.21. The van der Waals surface area contributed by atoms with Gasteiger partial charge in [0, 0.05) is 0 Å². The maximum Gasteiger partial charge on any atom is 0.322 e. The molecule has 0 aromatic carbocycles. The lowest BCUT2D eigenvalue weighted by molar-refractivity contribution is -0.141. The van der Waals surface area contributed by atoms with Crippen LogP contribution in [0.1, 0.15) is 11.0 Å². The molecule has 0 spiro atoms. The summed E-state index contributed by atoms with van der Waals surface area (Å²) in [5.74, 6) is -0.917. The highest BCUT2D eigenvalue weighted by Gasteiger charge is 2.03. The SMILES string of the molecule is [2H]C([2H])([2H])OC(=O)[C@@H](C)N. The zero-order chi connectivity index (χ0) is 8.36. The Balaban J connectivity index is 3.81. The lowest BCUT2D eigenvalue weighted by atomic mass is 10.4. The normalized spacial score (nSPS) is 21.1.